The lowest BCUT2D eigenvalue weighted by Gasteiger charge is -2.41. The van der Waals surface area contributed by atoms with Gasteiger partial charge in [0.25, 0.3) is 0 Å². The van der Waals surface area contributed by atoms with Crippen LogP contribution in [0.15, 0.2) is 59.1 Å². The van der Waals surface area contributed by atoms with Crippen LogP contribution >= 0.6 is 15.9 Å². The predicted molar refractivity (Wildman–Crippen MR) is 121 cm³/mol. The highest BCUT2D eigenvalue weighted by molar-refractivity contribution is 9.10. The number of benzene rings is 2. The predicted octanol–water partition coefficient (Wildman–Crippen LogP) is 7.01. The average molecular weight is 447 g/mol. The quantitative estimate of drug-likeness (QED) is 0.499. The van der Waals surface area contributed by atoms with E-state index in [1.165, 1.54) is 11.1 Å². The van der Waals surface area contributed by atoms with Crippen LogP contribution in [0.1, 0.15) is 56.9 Å². The Morgan fingerprint density at radius 3 is 2.22 bits per heavy atom. The van der Waals surface area contributed by atoms with Gasteiger partial charge >= 0.3 is 0 Å². The normalized spacial score (nSPS) is 22.0. The Hall–Kier alpha value is -0.943. The van der Waals surface area contributed by atoms with Crippen LogP contribution in [0.4, 0.5) is 0 Å². The molecule has 0 amide bonds. The summed E-state index contributed by atoms with van der Waals surface area (Å²) in [6.45, 7) is 11.6. The van der Waals surface area contributed by atoms with E-state index in [0.29, 0.717) is 12.1 Å². The summed E-state index contributed by atoms with van der Waals surface area (Å²) >= 11 is 3.54. The van der Waals surface area contributed by atoms with E-state index in [1.54, 1.807) is 0 Å². The number of nitrogens with one attached hydrogen (secondary N) is 1. The van der Waals surface area contributed by atoms with Gasteiger partial charge in [-0.05, 0) is 54.2 Å². The summed E-state index contributed by atoms with van der Waals surface area (Å²) < 4.78 is 8.07. The van der Waals surface area contributed by atoms with Gasteiger partial charge in [-0.2, -0.15) is 0 Å². The maximum absolute atomic E-state index is 6.94. The molecule has 0 bridgehead atoms. The largest absolute Gasteiger partial charge is 0.408 e. The first-order valence-corrected chi connectivity index (χ1v) is 13.6. The molecule has 0 spiro atoms. The number of halogens is 1. The summed E-state index contributed by atoms with van der Waals surface area (Å²) in [5.41, 5.74) is 2.65. The van der Waals surface area contributed by atoms with Gasteiger partial charge in [0.1, 0.15) is 0 Å². The van der Waals surface area contributed by atoms with Crippen molar-refractivity contribution in [3.63, 3.8) is 0 Å². The van der Waals surface area contributed by atoms with E-state index < -0.39 is 8.32 Å². The number of hydrogen-bond donors (Lipinski definition) is 1. The minimum atomic E-state index is -1.87. The zero-order valence-electron chi connectivity index (χ0n) is 17.1. The molecule has 0 aliphatic carbocycles. The summed E-state index contributed by atoms with van der Waals surface area (Å²) in [5, 5.41) is 4.08. The van der Waals surface area contributed by atoms with Crippen molar-refractivity contribution in [2.75, 3.05) is 0 Å². The number of rotatable bonds is 5. The highest BCUT2D eigenvalue weighted by Crippen LogP contribution is 2.42. The van der Waals surface area contributed by atoms with Gasteiger partial charge < -0.3 is 9.74 Å². The summed E-state index contributed by atoms with van der Waals surface area (Å²) in [6.07, 6.45) is 2.39. The SMILES string of the molecule is CC(C)(C)[Si](C)(C)O[C@H](c1ccccc1)[C@H]1CC[C@@H](c2ccc(Br)cc2)N1. The Bertz CT molecular complexity index is 739. The zero-order valence-corrected chi connectivity index (χ0v) is 19.7. The molecule has 3 atom stereocenters. The van der Waals surface area contributed by atoms with E-state index >= 15 is 0 Å². The molecule has 0 radical (unpaired) electrons. The topological polar surface area (TPSA) is 21.3 Å². The smallest absolute Gasteiger partial charge is 0.192 e. The van der Waals surface area contributed by atoms with E-state index in [0.717, 1.165) is 17.3 Å². The van der Waals surface area contributed by atoms with Gasteiger partial charge in [0, 0.05) is 16.6 Å². The van der Waals surface area contributed by atoms with E-state index in [2.05, 4.69) is 110 Å². The lowest BCUT2D eigenvalue weighted by molar-refractivity contribution is 0.143. The number of hydrogen-bond acceptors (Lipinski definition) is 2. The van der Waals surface area contributed by atoms with Crippen molar-refractivity contribution in [1.82, 2.24) is 5.32 Å². The molecule has 1 heterocycles. The highest BCUT2D eigenvalue weighted by atomic mass is 79.9. The Balaban J connectivity index is 1.82. The van der Waals surface area contributed by atoms with E-state index in [1.807, 2.05) is 0 Å². The fourth-order valence-corrected chi connectivity index (χ4v) is 5.04. The molecular weight excluding hydrogens is 414 g/mol. The third-order valence-electron chi connectivity index (χ3n) is 6.18. The Kier molecular flexibility index (Phi) is 6.31. The molecular formula is C23H32BrNOSi. The summed E-state index contributed by atoms with van der Waals surface area (Å²) in [7, 11) is -1.87. The van der Waals surface area contributed by atoms with Crippen LogP contribution in [-0.4, -0.2) is 14.4 Å². The van der Waals surface area contributed by atoms with Crippen molar-refractivity contribution in [2.24, 2.45) is 0 Å². The fraction of sp³-hybridized carbons (Fsp3) is 0.478. The van der Waals surface area contributed by atoms with Crippen molar-refractivity contribution in [3.8, 4) is 0 Å². The van der Waals surface area contributed by atoms with E-state index in [-0.39, 0.29) is 11.1 Å². The van der Waals surface area contributed by atoms with Gasteiger partial charge in [0.05, 0.1) is 6.10 Å². The maximum Gasteiger partial charge on any atom is 0.192 e. The first kappa shape index (κ1) is 20.8. The van der Waals surface area contributed by atoms with Gasteiger partial charge in [-0.25, -0.2) is 0 Å². The lowest BCUT2D eigenvalue weighted by atomic mass is 10.0. The van der Waals surface area contributed by atoms with Crippen LogP contribution in [0.25, 0.3) is 0 Å². The monoisotopic (exact) mass is 445 g/mol. The molecule has 27 heavy (non-hydrogen) atoms. The minimum Gasteiger partial charge on any atom is -0.408 e. The van der Waals surface area contributed by atoms with Crippen molar-refractivity contribution in [1.29, 1.82) is 0 Å². The molecule has 1 saturated heterocycles. The second kappa shape index (κ2) is 8.20. The third kappa shape index (κ3) is 4.92. The minimum absolute atomic E-state index is 0.104. The fourth-order valence-electron chi connectivity index (χ4n) is 3.49. The molecule has 0 saturated carbocycles. The Labute approximate surface area is 174 Å². The lowest BCUT2D eigenvalue weighted by Crippen LogP contribution is -2.45. The molecule has 146 valence electrons. The molecule has 0 aromatic heterocycles. The summed E-state index contributed by atoms with van der Waals surface area (Å²) in [4.78, 5) is 0. The first-order chi connectivity index (χ1) is 12.7. The molecule has 3 rings (SSSR count). The van der Waals surface area contributed by atoms with Crippen LogP contribution in [0, 0.1) is 0 Å². The Morgan fingerprint density at radius 2 is 1.63 bits per heavy atom. The molecule has 1 aliphatic heterocycles. The van der Waals surface area contributed by atoms with Gasteiger partial charge in [-0.3, -0.25) is 0 Å². The molecule has 2 aromatic rings. The van der Waals surface area contributed by atoms with Crippen LogP contribution in [-0.2, 0) is 4.43 Å². The molecule has 1 fully saturated rings. The summed E-state index contributed by atoms with van der Waals surface area (Å²) in [5.74, 6) is 0. The standard InChI is InChI=1S/C23H32BrNOSi/c1-23(2,3)27(4,5)26-22(18-9-7-6-8-10-18)21-16-15-20(25-21)17-11-13-19(24)14-12-17/h6-14,20-22,25H,15-16H2,1-5H3/t20-,21+,22+/m0/s1. The van der Waals surface area contributed by atoms with Crippen molar-refractivity contribution >= 4 is 24.2 Å². The molecule has 4 heteroatoms. The summed E-state index contributed by atoms with van der Waals surface area (Å²) in [6, 6.07) is 20.2. The molecule has 0 unspecified atom stereocenters. The van der Waals surface area contributed by atoms with E-state index in [4.69, 9.17) is 4.43 Å². The van der Waals surface area contributed by atoms with Gasteiger partial charge in [-0.15, -0.1) is 0 Å². The molecule has 1 N–H and O–H groups in total. The van der Waals surface area contributed by atoms with Gasteiger partial charge in [0.2, 0.25) is 0 Å². The highest BCUT2D eigenvalue weighted by Gasteiger charge is 2.42. The van der Waals surface area contributed by atoms with Crippen LogP contribution in [0.5, 0.6) is 0 Å². The van der Waals surface area contributed by atoms with Crippen LogP contribution < -0.4 is 5.32 Å². The van der Waals surface area contributed by atoms with E-state index in [9.17, 15) is 0 Å². The Morgan fingerprint density at radius 1 is 1.00 bits per heavy atom. The van der Waals surface area contributed by atoms with Crippen molar-refractivity contribution < 1.29 is 4.43 Å². The third-order valence-corrected chi connectivity index (χ3v) is 11.2. The maximum atomic E-state index is 6.94. The van der Waals surface area contributed by atoms with Crippen molar-refractivity contribution in [3.05, 3.63) is 70.2 Å². The van der Waals surface area contributed by atoms with Crippen molar-refractivity contribution in [2.45, 2.75) is 69.9 Å². The average Bonchev–Trinajstić information content (AvgIpc) is 3.10. The first-order valence-electron chi connectivity index (χ1n) is 9.92. The van der Waals surface area contributed by atoms with Gasteiger partial charge in [0.15, 0.2) is 8.32 Å². The second-order valence-corrected chi connectivity index (χ2v) is 14.8. The molecule has 2 nitrogen and oxygen atoms in total. The molecule has 1 aliphatic rings. The van der Waals surface area contributed by atoms with Crippen LogP contribution in [0.3, 0.4) is 0 Å². The van der Waals surface area contributed by atoms with Crippen LogP contribution in [0.2, 0.25) is 18.1 Å². The second-order valence-electron chi connectivity index (χ2n) is 9.16. The zero-order chi connectivity index (χ0) is 19.7. The van der Waals surface area contributed by atoms with Gasteiger partial charge in [-0.1, -0.05) is 79.2 Å². The molecule has 2 aromatic carbocycles.